The average molecular weight is 273 g/mol. The van der Waals surface area contributed by atoms with Crippen LogP contribution in [-0.2, 0) is 11.0 Å². The lowest BCUT2D eigenvalue weighted by molar-refractivity contribution is -0.141. The summed E-state index contributed by atoms with van der Waals surface area (Å²) in [6.45, 7) is 0.955. The Labute approximate surface area is 108 Å². The minimum Gasteiger partial charge on any atom is -0.324 e. The van der Waals surface area contributed by atoms with Crippen molar-refractivity contribution in [3.8, 4) is 0 Å². The predicted molar refractivity (Wildman–Crippen MR) is 63.5 cm³/mol. The first-order chi connectivity index (χ1) is 8.95. The molecule has 0 aliphatic heterocycles. The average Bonchev–Trinajstić information content (AvgIpc) is 3.12. The Balaban J connectivity index is 1.79. The topological polar surface area (TPSA) is 54.0 Å². The number of nitrogens with zero attached hydrogens (tertiary/aromatic N) is 1. The molecular formula is C12H14F3N3O. The number of halogens is 3. The first-order valence-electron chi connectivity index (χ1n) is 5.99. The molecule has 0 radical (unpaired) electrons. The van der Waals surface area contributed by atoms with Crippen molar-refractivity contribution in [3.63, 3.8) is 0 Å². The Morgan fingerprint density at radius 2 is 2.11 bits per heavy atom. The Morgan fingerprint density at radius 3 is 2.63 bits per heavy atom. The molecule has 104 valence electrons. The lowest BCUT2D eigenvalue weighted by atomic mass is 10.3. The fourth-order valence-corrected chi connectivity index (χ4v) is 1.55. The zero-order valence-electron chi connectivity index (χ0n) is 10.1. The van der Waals surface area contributed by atoms with Crippen LogP contribution in [0.15, 0.2) is 18.3 Å². The molecule has 0 spiro atoms. The largest absolute Gasteiger partial charge is 0.433 e. The van der Waals surface area contributed by atoms with Crippen molar-refractivity contribution in [2.45, 2.75) is 19.0 Å². The number of nitrogens with one attached hydrogen (secondary N) is 2. The van der Waals surface area contributed by atoms with Gasteiger partial charge in [-0.25, -0.2) is 4.98 Å². The van der Waals surface area contributed by atoms with Crippen LogP contribution in [0.4, 0.5) is 18.9 Å². The molecule has 0 unspecified atom stereocenters. The molecule has 0 atom stereocenters. The van der Waals surface area contributed by atoms with Crippen molar-refractivity contribution >= 4 is 11.6 Å². The second kappa shape index (κ2) is 5.56. The molecule has 7 heteroatoms. The molecule has 0 saturated heterocycles. The molecule has 1 aliphatic rings. The van der Waals surface area contributed by atoms with Gasteiger partial charge >= 0.3 is 6.18 Å². The van der Waals surface area contributed by atoms with E-state index in [0.717, 1.165) is 18.8 Å². The fourth-order valence-electron chi connectivity index (χ4n) is 1.55. The summed E-state index contributed by atoms with van der Waals surface area (Å²) in [5.74, 6) is 0.378. The monoisotopic (exact) mass is 273 g/mol. The zero-order chi connectivity index (χ0) is 13.9. The molecule has 19 heavy (non-hydrogen) atoms. The smallest absolute Gasteiger partial charge is 0.324 e. The van der Waals surface area contributed by atoms with E-state index < -0.39 is 11.9 Å². The van der Waals surface area contributed by atoms with Gasteiger partial charge in [0, 0.05) is 0 Å². The van der Waals surface area contributed by atoms with E-state index >= 15 is 0 Å². The fraction of sp³-hybridized carbons (Fsp3) is 0.500. The van der Waals surface area contributed by atoms with Crippen molar-refractivity contribution in [2.24, 2.45) is 5.92 Å². The van der Waals surface area contributed by atoms with Crippen LogP contribution >= 0.6 is 0 Å². The van der Waals surface area contributed by atoms with E-state index in [0.29, 0.717) is 5.92 Å². The molecule has 0 aromatic carbocycles. The molecule has 1 aromatic rings. The highest BCUT2D eigenvalue weighted by atomic mass is 19.4. The number of amides is 1. The highest BCUT2D eigenvalue weighted by molar-refractivity contribution is 5.92. The van der Waals surface area contributed by atoms with Gasteiger partial charge in [0.25, 0.3) is 0 Å². The Kier molecular flexibility index (Phi) is 4.04. The van der Waals surface area contributed by atoms with E-state index in [-0.39, 0.29) is 18.1 Å². The van der Waals surface area contributed by atoms with E-state index in [1.165, 1.54) is 18.9 Å². The number of hydrogen-bond acceptors (Lipinski definition) is 3. The van der Waals surface area contributed by atoms with Gasteiger partial charge < -0.3 is 10.6 Å². The van der Waals surface area contributed by atoms with Crippen LogP contribution in [0.2, 0.25) is 0 Å². The first-order valence-corrected chi connectivity index (χ1v) is 5.99. The molecule has 2 rings (SSSR count). The van der Waals surface area contributed by atoms with Gasteiger partial charge in [0.05, 0.1) is 18.4 Å². The number of rotatable bonds is 5. The summed E-state index contributed by atoms with van der Waals surface area (Å²) in [7, 11) is 0. The predicted octanol–water partition coefficient (Wildman–Crippen LogP) is 2.04. The van der Waals surface area contributed by atoms with E-state index in [1.807, 2.05) is 0 Å². The van der Waals surface area contributed by atoms with Gasteiger partial charge in [-0.3, -0.25) is 4.79 Å². The van der Waals surface area contributed by atoms with Crippen LogP contribution in [-0.4, -0.2) is 24.0 Å². The summed E-state index contributed by atoms with van der Waals surface area (Å²) in [5.41, 5.74) is -0.719. The second-order valence-electron chi connectivity index (χ2n) is 4.55. The van der Waals surface area contributed by atoms with E-state index in [1.54, 1.807) is 0 Å². The summed E-state index contributed by atoms with van der Waals surface area (Å²) in [4.78, 5) is 14.7. The van der Waals surface area contributed by atoms with Crippen LogP contribution in [0, 0.1) is 5.92 Å². The van der Waals surface area contributed by atoms with Gasteiger partial charge in [-0.1, -0.05) is 0 Å². The molecule has 1 aromatic heterocycles. The normalized spacial score (nSPS) is 15.3. The molecule has 1 aliphatic carbocycles. The molecule has 1 amide bonds. The van der Waals surface area contributed by atoms with Crippen LogP contribution in [0.1, 0.15) is 18.5 Å². The maximum absolute atomic E-state index is 12.3. The van der Waals surface area contributed by atoms with Gasteiger partial charge in [0.2, 0.25) is 5.91 Å². The third kappa shape index (κ3) is 4.51. The summed E-state index contributed by atoms with van der Waals surface area (Å²) in [6, 6.07) is 2.03. The van der Waals surface area contributed by atoms with Gasteiger partial charge in [0.1, 0.15) is 5.69 Å². The lowest BCUT2D eigenvalue weighted by Crippen LogP contribution is -2.29. The number of carbonyl (C=O) groups is 1. The Hall–Kier alpha value is -1.63. The molecular weight excluding hydrogens is 259 g/mol. The summed E-state index contributed by atoms with van der Waals surface area (Å²) in [6.07, 6.45) is -1.08. The van der Waals surface area contributed by atoms with Gasteiger partial charge in [-0.05, 0) is 37.4 Å². The molecule has 0 bridgehead atoms. The Bertz CT molecular complexity index is 441. The molecule has 4 nitrogen and oxygen atoms in total. The number of hydrogen-bond donors (Lipinski definition) is 2. The number of anilines is 1. The van der Waals surface area contributed by atoms with Crippen LogP contribution < -0.4 is 10.6 Å². The molecule has 1 heterocycles. The van der Waals surface area contributed by atoms with Gasteiger partial charge in [0.15, 0.2) is 0 Å². The highest BCUT2D eigenvalue weighted by Crippen LogP contribution is 2.28. The second-order valence-corrected chi connectivity index (χ2v) is 4.55. The number of pyridine rings is 1. The minimum absolute atomic E-state index is 0.150. The summed E-state index contributed by atoms with van der Waals surface area (Å²) >= 11 is 0. The van der Waals surface area contributed by atoms with Crippen molar-refractivity contribution in [2.75, 3.05) is 18.4 Å². The van der Waals surface area contributed by atoms with Crippen LogP contribution in [0.3, 0.4) is 0 Å². The molecule has 1 fully saturated rings. The third-order valence-electron chi connectivity index (χ3n) is 2.75. The maximum atomic E-state index is 12.3. The van der Waals surface area contributed by atoms with Crippen molar-refractivity contribution in [1.29, 1.82) is 0 Å². The standard InChI is InChI=1S/C12H14F3N3O/c13-12(14,15)10-4-3-9(6-17-10)18-11(19)7-16-5-8-1-2-8/h3-4,6,8,16H,1-2,5,7H2,(H,18,19). The first kappa shape index (κ1) is 13.8. The van der Waals surface area contributed by atoms with Gasteiger partial charge in [-0.2, -0.15) is 13.2 Å². The quantitative estimate of drug-likeness (QED) is 0.863. The number of aromatic nitrogens is 1. The van der Waals surface area contributed by atoms with E-state index in [2.05, 4.69) is 15.6 Å². The van der Waals surface area contributed by atoms with Crippen molar-refractivity contribution in [3.05, 3.63) is 24.0 Å². The highest BCUT2D eigenvalue weighted by Gasteiger charge is 2.32. The zero-order valence-corrected chi connectivity index (χ0v) is 10.1. The Morgan fingerprint density at radius 1 is 1.37 bits per heavy atom. The molecule has 2 N–H and O–H groups in total. The van der Waals surface area contributed by atoms with Gasteiger partial charge in [-0.15, -0.1) is 0 Å². The van der Waals surface area contributed by atoms with E-state index in [4.69, 9.17) is 0 Å². The van der Waals surface area contributed by atoms with Crippen molar-refractivity contribution in [1.82, 2.24) is 10.3 Å². The van der Waals surface area contributed by atoms with Crippen LogP contribution in [0.25, 0.3) is 0 Å². The maximum Gasteiger partial charge on any atom is 0.433 e. The van der Waals surface area contributed by atoms with E-state index in [9.17, 15) is 18.0 Å². The number of alkyl halides is 3. The SMILES string of the molecule is O=C(CNCC1CC1)Nc1ccc(C(F)(F)F)nc1. The third-order valence-corrected chi connectivity index (χ3v) is 2.75. The summed E-state index contributed by atoms with van der Waals surface area (Å²) in [5, 5.41) is 5.47. The molecule has 1 saturated carbocycles. The van der Waals surface area contributed by atoms with Crippen molar-refractivity contribution < 1.29 is 18.0 Å². The minimum atomic E-state index is -4.46. The van der Waals surface area contributed by atoms with Crippen LogP contribution in [0.5, 0.6) is 0 Å². The summed E-state index contributed by atoms with van der Waals surface area (Å²) < 4.78 is 36.8. The number of carbonyl (C=O) groups excluding carboxylic acids is 1. The lowest BCUT2D eigenvalue weighted by Gasteiger charge is -2.08.